The Hall–Kier alpha value is -2.21. The fourth-order valence-electron chi connectivity index (χ4n) is 2.74. The lowest BCUT2D eigenvalue weighted by molar-refractivity contribution is 0.0675. The maximum atomic E-state index is 12.5. The van der Waals surface area contributed by atoms with Crippen molar-refractivity contribution in [2.75, 3.05) is 19.7 Å². The van der Waals surface area contributed by atoms with Crippen LogP contribution in [0.3, 0.4) is 0 Å². The third-order valence-electron chi connectivity index (χ3n) is 4.14. The molecule has 0 bridgehead atoms. The molecule has 2 heterocycles. The van der Waals surface area contributed by atoms with Gasteiger partial charge in [-0.1, -0.05) is 19.1 Å². The smallest absolute Gasteiger partial charge is 0.317 e. The number of fused-ring (bicyclic) bond motifs is 1. The standard InChI is InChI=1S/C19H24N2O3S/c1-3-15-9-10-16(25-15)11-20-19(22)21(4-2)12-14-13-23-17-7-5-6-8-18(17)24-14/h5-10,14H,3-4,11-13H2,1-2H3,(H,20,22). The van der Waals surface area contributed by atoms with Gasteiger partial charge >= 0.3 is 6.03 Å². The van der Waals surface area contributed by atoms with Crippen molar-refractivity contribution in [1.29, 1.82) is 0 Å². The predicted octanol–water partition coefficient (Wildman–Crippen LogP) is 3.68. The maximum absolute atomic E-state index is 12.5. The summed E-state index contributed by atoms with van der Waals surface area (Å²) in [7, 11) is 0. The molecule has 0 spiro atoms. The molecule has 0 saturated heterocycles. The van der Waals surface area contributed by atoms with E-state index in [1.54, 1.807) is 16.2 Å². The number of aryl methyl sites for hydroxylation is 1. The summed E-state index contributed by atoms with van der Waals surface area (Å²) in [4.78, 5) is 16.7. The molecule has 2 aromatic rings. The molecule has 1 unspecified atom stereocenters. The number of ether oxygens (including phenoxy) is 2. The normalized spacial score (nSPS) is 15.7. The number of urea groups is 1. The van der Waals surface area contributed by atoms with Gasteiger partial charge < -0.3 is 19.7 Å². The van der Waals surface area contributed by atoms with Crippen LogP contribution in [0.1, 0.15) is 23.6 Å². The molecule has 3 rings (SSSR count). The maximum Gasteiger partial charge on any atom is 0.317 e. The molecule has 6 heteroatoms. The van der Waals surface area contributed by atoms with Crippen molar-refractivity contribution < 1.29 is 14.3 Å². The molecule has 1 N–H and O–H groups in total. The van der Waals surface area contributed by atoms with E-state index in [0.29, 0.717) is 26.2 Å². The third-order valence-corrected chi connectivity index (χ3v) is 5.37. The summed E-state index contributed by atoms with van der Waals surface area (Å²) in [6.07, 6.45) is 0.870. The van der Waals surface area contributed by atoms with Gasteiger partial charge in [0.2, 0.25) is 0 Å². The van der Waals surface area contributed by atoms with Crippen LogP contribution in [-0.2, 0) is 13.0 Å². The lowest BCUT2D eigenvalue weighted by Gasteiger charge is -2.30. The van der Waals surface area contributed by atoms with E-state index in [1.165, 1.54) is 9.75 Å². The van der Waals surface area contributed by atoms with Crippen LogP contribution in [0.15, 0.2) is 36.4 Å². The van der Waals surface area contributed by atoms with E-state index in [0.717, 1.165) is 17.9 Å². The Morgan fingerprint density at radius 3 is 2.68 bits per heavy atom. The number of benzene rings is 1. The Morgan fingerprint density at radius 1 is 1.20 bits per heavy atom. The first kappa shape index (κ1) is 17.6. The number of likely N-dealkylation sites (N-methyl/N-ethyl adjacent to an activating group) is 1. The fraction of sp³-hybridized carbons (Fsp3) is 0.421. The van der Waals surface area contributed by atoms with E-state index in [9.17, 15) is 4.79 Å². The van der Waals surface area contributed by atoms with Crippen LogP contribution in [0.2, 0.25) is 0 Å². The van der Waals surface area contributed by atoms with Gasteiger partial charge in [0.05, 0.1) is 13.1 Å². The second kappa shape index (κ2) is 8.25. The molecule has 1 aromatic heterocycles. The van der Waals surface area contributed by atoms with Gasteiger partial charge in [-0.05, 0) is 37.6 Å². The molecule has 1 aromatic carbocycles. The number of carbonyl (C=O) groups excluding carboxylic acids is 1. The molecule has 0 fully saturated rings. The van der Waals surface area contributed by atoms with Crippen LogP contribution < -0.4 is 14.8 Å². The average molecular weight is 360 g/mol. The van der Waals surface area contributed by atoms with E-state index in [-0.39, 0.29) is 12.1 Å². The summed E-state index contributed by atoms with van der Waals surface area (Å²) < 4.78 is 11.7. The first-order valence-corrected chi connectivity index (χ1v) is 9.50. The highest BCUT2D eigenvalue weighted by molar-refractivity contribution is 7.11. The number of hydrogen-bond acceptors (Lipinski definition) is 4. The Bertz CT molecular complexity index is 716. The fourth-order valence-corrected chi connectivity index (χ4v) is 3.63. The quantitative estimate of drug-likeness (QED) is 0.855. The number of rotatable bonds is 6. The van der Waals surface area contributed by atoms with Crippen LogP contribution in [0.4, 0.5) is 4.79 Å². The third kappa shape index (κ3) is 4.45. The minimum absolute atomic E-state index is 0.0728. The summed E-state index contributed by atoms with van der Waals surface area (Å²) in [6, 6.07) is 11.7. The Balaban J connectivity index is 1.52. The Kier molecular flexibility index (Phi) is 5.81. The number of nitrogens with one attached hydrogen (secondary N) is 1. The molecule has 0 aliphatic carbocycles. The summed E-state index contributed by atoms with van der Waals surface area (Å²) in [5.74, 6) is 1.50. The van der Waals surface area contributed by atoms with Crippen molar-refractivity contribution in [3.05, 3.63) is 46.2 Å². The second-order valence-corrected chi connectivity index (χ2v) is 7.17. The van der Waals surface area contributed by atoms with E-state index in [2.05, 4.69) is 24.4 Å². The molecular weight excluding hydrogens is 336 g/mol. The van der Waals surface area contributed by atoms with E-state index in [1.807, 2.05) is 31.2 Å². The zero-order chi connectivity index (χ0) is 17.6. The van der Waals surface area contributed by atoms with E-state index < -0.39 is 0 Å². The number of hydrogen-bond donors (Lipinski definition) is 1. The summed E-state index contributed by atoms with van der Waals surface area (Å²) in [6.45, 7) is 6.24. The van der Waals surface area contributed by atoms with Gasteiger partial charge in [0.15, 0.2) is 17.6 Å². The Labute approximate surface area is 152 Å². The molecule has 5 nitrogen and oxygen atoms in total. The van der Waals surface area contributed by atoms with E-state index in [4.69, 9.17) is 9.47 Å². The van der Waals surface area contributed by atoms with Crippen molar-refractivity contribution in [3.8, 4) is 11.5 Å². The van der Waals surface area contributed by atoms with Gasteiger partial charge in [-0.3, -0.25) is 0 Å². The number of para-hydroxylation sites is 2. The molecular formula is C19H24N2O3S. The molecule has 1 aliphatic heterocycles. The molecule has 0 radical (unpaired) electrons. The number of carbonyl (C=O) groups is 1. The van der Waals surface area contributed by atoms with Crippen LogP contribution in [0.5, 0.6) is 11.5 Å². The number of nitrogens with zero attached hydrogens (tertiary/aromatic N) is 1. The lowest BCUT2D eigenvalue weighted by Crippen LogP contribution is -2.47. The van der Waals surface area contributed by atoms with Crippen molar-refractivity contribution in [3.63, 3.8) is 0 Å². The van der Waals surface area contributed by atoms with Crippen molar-refractivity contribution >= 4 is 17.4 Å². The molecule has 134 valence electrons. The van der Waals surface area contributed by atoms with Gasteiger partial charge in [0.1, 0.15) is 6.61 Å². The van der Waals surface area contributed by atoms with Crippen LogP contribution in [0, 0.1) is 0 Å². The molecule has 1 atom stereocenters. The SMILES string of the molecule is CCc1ccc(CNC(=O)N(CC)CC2COc3ccccc3O2)s1. The zero-order valence-electron chi connectivity index (χ0n) is 14.7. The molecule has 25 heavy (non-hydrogen) atoms. The summed E-state index contributed by atoms with van der Waals surface area (Å²) in [5, 5.41) is 3.00. The topological polar surface area (TPSA) is 50.8 Å². The van der Waals surface area contributed by atoms with Crippen LogP contribution >= 0.6 is 11.3 Å². The Morgan fingerprint density at radius 2 is 1.96 bits per heavy atom. The highest BCUT2D eigenvalue weighted by Crippen LogP contribution is 2.31. The van der Waals surface area contributed by atoms with Crippen molar-refractivity contribution in [1.82, 2.24) is 10.2 Å². The zero-order valence-corrected chi connectivity index (χ0v) is 15.5. The van der Waals surface area contributed by atoms with Crippen LogP contribution in [-0.4, -0.2) is 36.7 Å². The largest absolute Gasteiger partial charge is 0.486 e. The van der Waals surface area contributed by atoms with E-state index >= 15 is 0 Å². The van der Waals surface area contributed by atoms with Gasteiger partial charge in [0, 0.05) is 16.3 Å². The number of thiophene rings is 1. The molecule has 0 saturated carbocycles. The first-order chi connectivity index (χ1) is 12.2. The van der Waals surface area contributed by atoms with Crippen LogP contribution in [0.25, 0.3) is 0 Å². The minimum Gasteiger partial charge on any atom is -0.486 e. The highest BCUT2D eigenvalue weighted by atomic mass is 32.1. The van der Waals surface area contributed by atoms with Gasteiger partial charge in [-0.25, -0.2) is 4.79 Å². The second-order valence-electron chi connectivity index (χ2n) is 5.92. The average Bonchev–Trinajstić information content (AvgIpc) is 3.12. The first-order valence-electron chi connectivity index (χ1n) is 8.68. The number of amides is 2. The monoisotopic (exact) mass is 360 g/mol. The van der Waals surface area contributed by atoms with Gasteiger partial charge in [-0.15, -0.1) is 11.3 Å². The predicted molar refractivity (Wildman–Crippen MR) is 99.5 cm³/mol. The van der Waals surface area contributed by atoms with Gasteiger partial charge in [0.25, 0.3) is 0 Å². The molecule has 2 amide bonds. The highest BCUT2D eigenvalue weighted by Gasteiger charge is 2.24. The molecule has 1 aliphatic rings. The van der Waals surface area contributed by atoms with Gasteiger partial charge in [-0.2, -0.15) is 0 Å². The van der Waals surface area contributed by atoms with Crippen molar-refractivity contribution in [2.24, 2.45) is 0 Å². The summed E-state index contributed by atoms with van der Waals surface area (Å²) in [5.41, 5.74) is 0. The van der Waals surface area contributed by atoms with Crippen molar-refractivity contribution in [2.45, 2.75) is 32.9 Å². The lowest BCUT2D eigenvalue weighted by atomic mass is 10.2. The summed E-state index contributed by atoms with van der Waals surface area (Å²) >= 11 is 1.74. The minimum atomic E-state index is -0.158.